The standard InChI is InChI=1S/C16H16F2N2O4S/c1-3-14(12-6-4-10(17)8-13(12)18)19-11-5-7-15(20(21)22)16(9-11)25(2,23)24/h4-9,14,19H,3H2,1-2H3. The van der Waals surface area contributed by atoms with Gasteiger partial charge in [0.1, 0.15) is 16.5 Å². The van der Waals surface area contributed by atoms with Crippen LogP contribution in [0.2, 0.25) is 0 Å². The van der Waals surface area contributed by atoms with Gasteiger partial charge in [0.2, 0.25) is 0 Å². The van der Waals surface area contributed by atoms with E-state index in [1.165, 1.54) is 12.1 Å². The molecule has 25 heavy (non-hydrogen) atoms. The van der Waals surface area contributed by atoms with E-state index in [0.29, 0.717) is 6.42 Å². The molecule has 0 aromatic heterocycles. The zero-order valence-corrected chi connectivity index (χ0v) is 14.3. The van der Waals surface area contributed by atoms with Gasteiger partial charge in [-0.15, -0.1) is 0 Å². The summed E-state index contributed by atoms with van der Waals surface area (Å²) in [6, 6.07) is 6.18. The quantitative estimate of drug-likeness (QED) is 0.616. The van der Waals surface area contributed by atoms with E-state index in [0.717, 1.165) is 30.5 Å². The summed E-state index contributed by atoms with van der Waals surface area (Å²) in [6.45, 7) is 1.77. The predicted molar refractivity (Wildman–Crippen MR) is 89.2 cm³/mol. The lowest BCUT2D eigenvalue weighted by Crippen LogP contribution is -2.12. The lowest BCUT2D eigenvalue weighted by Gasteiger charge is -2.20. The minimum atomic E-state index is -3.83. The topological polar surface area (TPSA) is 89.3 Å². The third-order valence-corrected chi connectivity index (χ3v) is 4.77. The van der Waals surface area contributed by atoms with Crippen molar-refractivity contribution in [1.29, 1.82) is 0 Å². The first kappa shape index (κ1) is 18.8. The second kappa shape index (κ2) is 7.14. The Morgan fingerprint density at radius 2 is 1.88 bits per heavy atom. The maximum Gasteiger partial charge on any atom is 0.288 e. The van der Waals surface area contributed by atoms with Crippen LogP contribution in [0, 0.1) is 21.7 Å². The van der Waals surface area contributed by atoms with Gasteiger partial charge in [-0.1, -0.05) is 13.0 Å². The molecule has 0 fully saturated rings. The third kappa shape index (κ3) is 4.30. The average molecular weight is 370 g/mol. The lowest BCUT2D eigenvalue weighted by molar-refractivity contribution is -0.387. The minimum absolute atomic E-state index is 0.211. The smallest absolute Gasteiger partial charge is 0.288 e. The van der Waals surface area contributed by atoms with Crippen molar-refractivity contribution in [3.63, 3.8) is 0 Å². The summed E-state index contributed by atoms with van der Waals surface area (Å²) in [6.07, 6.45) is 1.30. The number of nitro benzene ring substituents is 1. The number of benzene rings is 2. The highest BCUT2D eigenvalue weighted by Crippen LogP contribution is 2.30. The second-order valence-electron chi connectivity index (χ2n) is 5.48. The van der Waals surface area contributed by atoms with Crippen molar-refractivity contribution in [3.8, 4) is 0 Å². The van der Waals surface area contributed by atoms with E-state index in [-0.39, 0.29) is 11.3 Å². The second-order valence-corrected chi connectivity index (χ2v) is 7.47. The van der Waals surface area contributed by atoms with Crippen LogP contribution >= 0.6 is 0 Å². The molecule has 0 saturated carbocycles. The molecular weight excluding hydrogens is 354 g/mol. The lowest BCUT2D eigenvalue weighted by atomic mass is 10.0. The van der Waals surface area contributed by atoms with E-state index >= 15 is 0 Å². The number of anilines is 1. The van der Waals surface area contributed by atoms with E-state index in [9.17, 15) is 27.3 Å². The maximum absolute atomic E-state index is 14.0. The van der Waals surface area contributed by atoms with Crippen molar-refractivity contribution >= 4 is 21.2 Å². The van der Waals surface area contributed by atoms with Crippen molar-refractivity contribution in [2.45, 2.75) is 24.3 Å². The summed E-state index contributed by atoms with van der Waals surface area (Å²) in [4.78, 5) is 9.78. The Bertz CT molecular complexity index is 916. The Morgan fingerprint density at radius 3 is 2.40 bits per heavy atom. The highest BCUT2D eigenvalue weighted by atomic mass is 32.2. The fraction of sp³-hybridized carbons (Fsp3) is 0.250. The molecule has 9 heteroatoms. The molecular formula is C16H16F2N2O4S. The van der Waals surface area contributed by atoms with Crippen molar-refractivity contribution in [2.75, 3.05) is 11.6 Å². The van der Waals surface area contributed by atoms with Gasteiger partial charge in [0.25, 0.3) is 5.69 Å². The molecule has 0 aliphatic carbocycles. The molecule has 0 amide bonds. The van der Waals surface area contributed by atoms with E-state index in [1.54, 1.807) is 6.92 Å². The average Bonchev–Trinajstić information content (AvgIpc) is 2.52. The zero-order valence-electron chi connectivity index (χ0n) is 13.5. The number of nitro groups is 1. The number of sulfone groups is 1. The monoisotopic (exact) mass is 370 g/mol. The summed E-state index contributed by atoms with van der Waals surface area (Å²) in [5, 5.41) is 13.9. The van der Waals surface area contributed by atoms with Crippen LogP contribution < -0.4 is 5.32 Å². The van der Waals surface area contributed by atoms with Crippen LogP contribution in [0.1, 0.15) is 24.9 Å². The van der Waals surface area contributed by atoms with Gasteiger partial charge in [-0.3, -0.25) is 10.1 Å². The summed E-state index contributed by atoms with van der Waals surface area (Å²) in [5.41, 5.74) is -0.0428. The summed E-state index contributed by atoms with van der Waals surface area (Å²) in [7, 11) is -3.83. The first-order valence-electron chi connectivity index (χ1n) is 7.33. The van der Waals surface area contributed by atoms with Gasteiger partial charge in [-0.05, 0) is 24.6 Å². The summed E-state index contributed by atoms with van der Waals surface area (Å²) >= 11 is 0. The number of rotatable bonds is 6. The Morgan fingerprint density at radius 1 is 1.20 bits per heavy atom. The van der Waals surface area contributed by atoms with Gasteiger partial charge in [0.15, 0.2) is 9.84 Å². The van der Waals surface area contributed by atoms with Gasteiger partial charge in [-0.25, -0.2) is 17.2 Å². The van der Waals surface area contributed by atoms with Crippen molar-refractivity contribution in [1.82, 2.24) is 0 Å². The fourth-order valence-corrected chi connectivity index (χ4v) is 3.30. The largest absolute Gasteiger partial charge is 0.378 e. The van der Waals surface area contributed by atoms with Gasteiger partial charge in [0, 0.05) is 29.6 Å². The van der Waals surface area contributed by atoms with Crippen molar-refractivity contribution < 1.29 is 22.1 Å². The van der Waals surface area contributed by atoms with E-state index in [4.69, 9.17) is 0 Å². The number of hydrogen-bond donors (Lipinski definition) is 1. The SMILES string of the molecule is CCC(Nc1ccc([N+](=O)[O-])c(S(C)(=O)=O)c1)c1ccc(F)cc1F. The third-order valence-electron chi connectivity index (χ3n) is 3.64. The molecule has 1 N–H and O–H groups in total. The molecule has 134 valence electrons. The molecule has 0 heterocycles. The summed E-state index contributed by atoms with van der Waals surface area (Å²) in [5.74, 6) is -1.43. The Kier molecular flexibility index (Phi) is 5.36. The molecule has 0 spiro atoms. The van der Waals surface area contributed by atoms with Crippen LogP contribution in [0.15, 0.2) is 41.3 Å². The number of nitrogens with zero attached hydrogens (tertiary/aromatic N) is 1. The molecule has 0 aliphatic heterocycles. The van der Waals surface area contributed by atoms with Gasteiger partial charge < -0.3 is 5.32 Å². The maximum atomic E-state index is 14.0. The molecule has 0 bridgehead atoms. The Balaban J connectivity index is 2.43. The Labute approximate surface area is 143 Å². The first-order chi connectivity index (χ1) is 11.6. The van der Waals surface area contributed by atoms with Crippen LogP contribution in [0.25, 0.3) is 0 Å². The van der Waals surface area contributed by atoms with Crippen molar-refractivity contribution in [2.24, 2.45) is 0 Å². The molecule has 2 rings (SSSR count). The molecule has 2 aromatic rings. The van der Waals surface area contributed by atoms with Gasteiger partial charge in [0.05, 0.1) is 11.0 Å². The van der Waals surface area contributed by atoms with Gasteiger partial charge >= 0.3 is 0 Å². The number of halogens is 2. The normalized spacial score (nSPS) is 12.6. The zero-order chi connectivity index (χ0) is 18.8. The van der Waals surface area contributed by atoms with Crippen molar-refractivity contribution in [3.05, 3.63) is 63.7 Å². The minimum Gasteiger partial charge on any atom is -0.378 e. The van der Waals surface area contributed by atoms with Gasteiger partial charge in [-0.2, -0.15) is 0 Å². The fourth-order valence-electron chi connectivity index (χ4n) is 2.44. The van der Waals surface area contributed by atoms with E-state index in [1.807, 2.05) is 0 Å². The molecule has 1 unspecified atom stereocenters. The van der Waals surface area contributed by atoms with E-state index in [2.05, 4.69) is 5.32 Å². The molecule has 1 atom stereocenters. The number of nitrogens with one attached hydrogen (secondary N) is 1. The highest BCUT2D eigenvalue weighted by molar-refractivity contribution is 7.90. The van der Waals surface area contributed by atoms with Crippen LogP contribution in [0.4, 0.5) is 20.2 Å². The van der Waals surface area contributed by atoms with Crippen LogP contribution in [0.3, 0.4) is 0 Å². The molecule has 2 aromatic carbocycles. The van der Waals surface area contributed by atoms with Crippen LogP contribution in [-0.4, -0.2) is 19.6 Å². The number of hydrogen-bond acceptors (Lipinski definition) is 5. The van der Waals surface area contributed by atoms with Crippen LogP contribution in [0.5, 0.6) is 0 Å². The molecule has 6 nitrogen and oxygen atoms in total. The highest BCUT2D eigenvalue weighted by Gasteiger charge is 2.23. The predicted octanol–water partition coefficient (Wildman–Crippen LogP) is 3.84. The molecule has 0 aliphatic rings. The molecule has 0 radical (unpaired) electrons. The molecule has 0 saturated heterocycles. The summed E-state index contributed by atoms with van der Waals surface area (Å²) < 4.78 is 50.6. The Hall–Kier alpha value is -2.55. The van der Waals surface area contributed by atoms with E-state index < -0.39 is 43.0 Å². The van der Waals surface area contributed by atoms with Crippen LogP contribution in [-0.2, 0) is 9.84 Å². The first-order valence-corrected chi connectivity index (χ1v) is 9.22.